The molecule has 1 N–H and O–H groups in total. The zero-order valence-electron chi connectivity index (χ0n) is 18.9. The Morgan fingerprint density at radius 3 is 2.71 bits per heavy atom. The molecule has 1 atom stereocenters. The topological polar surface area (TPSA) is 50.8 Å². The van der Waals surface area contributed by atoms with E-state index in [-0.39, 0.29) is 11.3 Å². The van der Waals surface area contributed by atoms with Crippen molar-refractivity contribution in [1.82, 2.24) is 5.32 Å². The number of fused-ring (bicyclic) bond motifs is 3. The summed E-state index contributed by atoms with van der Waals surface area (Å²) in [5.74, 6) is 1.52. The first kappa shape index (κ1) is 21.3. The summed E-state index contributed by atoms with van der Waals surface area (Å²) in [6.07, 6.45) is 7.55. The third-order valence-corrected chi connectivity index (χ3v) is 6.59. The molecule has 1 fully saturated rings. The van der Waals surface area contributed by atoms with Crippen LogP contribution in [0.1, 0.15) is 51.2 Å². The van der Waals surface area contributed by atoms with Gasteiger partial charge in [-0.2, -0.15) is 0 Å². The standard InChI is InChI=1S/C26H32N2O3/c1-5-6-9-16-31-22-13-12-19(17-23(22)30-4)14-15-26-25(2,3)20-10-7-8-11-21(20)28(26)18-24(29)27-26/h7-8,10-15,17H,5-6,9,16,18H2,1-4H3,(H,27,29)/t26-/m1/s1. The second-order valence-corrected chi connectivity index (χ2v) is 8.84. The van der Waals surface area contributed by atoms with Crippen LogP contribution in [0.15, 0.2) is 48.5 Å². The molecule has 1 amide bonds. The lowest BCUT2D eigenvalue weighted by molar-refractivity contribution is -0.118. The second kappa shape index (κ2) is 8.29. The first-order valence-electron chi connectivity index (χ1n) is 11.1. The Balaban J connectivity index is 1.62. The lowest BCUT2D eigenvalue weighted by atomic mass is 9.75. The molecule has 2 heterocycles. The van der Waals surface area contributed by atoms with Gasteiger partial charge in [-0.25, -0.2) is 0 Å². The minimum absolute atomic E-state index is 0.0423. The van der Waals surface area contributed by atoms with Crippen LogP contribution in [0.2, 0.25) is 0 Å². The predicted molar refractivity (Wildman–Crippen MR) is 125 cm³/mol. The van der Waals surface area contributed by atoms with Crippen LogP contribution < -0.4 is 19.7 Å². The average Bonchev–Trinajstić information content (AvgIpc) is 3.20. The summed E-state index contributed by atoms with van der Waals surface area (Å²) >= 11 is 0. The number of unbranched alkanes of at least 4 members (excludes halogenated alkanes) is 2. The average molecular weight is 421 g/mol. The van der Waals surface area contributed by atoms with E-state index >= 15 is 0 Å². The first-order valence-corrected chi connectivity index (χ1v) is 11.1. The van der Waals surface area contributed by atoms with Crippen molar-refractivity contribution in [1.29, 1.82) is 0 Å². The van der Waals surface area contributed by atoms with Crippen LogP contribution >= 0.6 is 0 Å². The molecule has 4 rings (SSSR count). The van der Waals surface area contributed by atoms with Gasteiger partial charge in [-0.3, -0.25) is 4.79 Å². The van der Waals surface area contributed by atoms with E-state index < -0.39 is 5.66 Å². The van der Waals surface area contributed by atoms with E-state index in [0.29, 0.717) is 13.2 Å². The van der Waals surface area contributed by atoms with Crippen molar-refractivity contribution in [3.63, 3.8) is 0 Å². The summed E-state index contributed by atoms with van der Waals surface area (Å²) in [5, 5.41) is 3.26. The lowest BCUT2D eigenvalue weighted by Crippen LogP contribution is -2.58. The van der Waals surface area contributed by atoms with Crippen molar-refractivity contribution in [3.8, 4) is 11.5 Å². The third kappa shape index (κ3) is 3.56. The van der Waals surface area contributed by atoms with Gasteiger partial charge in [0.15, 0.2) is 11.5 Å². The van der Waals surface area contributed by atoms with Gasteiger partial charge in [0.2, 0.25) is 5.91 Å². The zero-order chi connectivity index (χ0) is 22.1. The third-order valence-electron chi connectivity index (χ3n) is 6.59. The van der Waals surface area contributed by atoms with Crippen molar-refractivity contribution in [2.45, 2.75) is 51.1 Å². The highest BCUT2D eigenvalue weighted by Gasteiger charge is 2.59. The molecule has 31 heavy (non-hydrogen) atoms. The van der Waals surface area contributed by atoms with Gasteiger partial charge in [0, 0.05) is 11.1 Å². The number of amides is 1. The molecule has 0 aromatic heterocycles. The van der Waals surface area contributed by atoms with E-state index in [9.17, 15) is 4.79 Å². The van der Waals surface area contributed by atoms with E-state index in [2.05, 4.69) is 61.3 Å². The van der Waals surface area contributed by atoms with Crippen LogP contribution in [0, 0.1) is 0 Å². The predicted octanol–water partition coefficient (Wildman–Crippen LogP) is 4.90. The van der Waals surface area contributed by atoms with Crippen LogP contribution in [0.3, 0.4) is 0 Å². The maximum absolute atomic E-state index is 12.4. The quantitative estimate of drug-likeness (QED) is 0.617. The molecule has 2 aromatic rings. The second-order valence-electron chi connectivity index (χ2n) is 8.84. The highest BCUT2D eigenvalue weighted by molar-refractivity contribution is 5.91. The van der Waals surface area contributed by atoms with E-state index in [1.807, 2.05) is 24.3 Å². The van der Waals surface area contributed by atoms with Crippen LogP contribution in [-0.2, 0) is 10.2 Å². The van der Waals surface area contributed by atoms with E-state index in [1.165, 1.54) is 12.0 Å². The van der Waals surface area contributed by atoms with Crippen molar-refractivity contribution < 1.29 is 14.3 Å². The van der Waals surface area contributed by atoms with Gasteiger partial charge >= 0.3 is 0 Å². The molecule has 2 aromatic carbocycles. The molecule has 0 unspecified atom stereocenters. The molecule has 0 spiro atoms. The SMILES string of the molecule is CCCCCOc1ccc(C=C[C@@]23NC(=O)CN2c2ccccc2C3(C)C)cc1OC. The number of benzene rings is 2. The molecule has 5 nitrogen and oxygen atoms in total. The zero-order valence-corrected chi connectivity index (χ0v) is 18.9. The Morgan fingerprint density at radius 1 is 1.13 bits per heavy atom. The molecule has 2 aliphatic heterocycles. The molecule has 5 heteroatoms. The molecular formula is C26H32N2O3. The summed E-state index contributed by atoms with van der Waals surface area (Å²) in [7, 11) is 1.66. The number of hydrogen-bond acceptors (Lipinski definition) is 4. The maximum atomic E-state index is 12.4. The molecule has 0 aliphatic carbocycles. The molecule has 0 bridgehead atoms. The Morgan fingerprint density at radius 2 is 1.94 bits per heavy atom. The van der Waals surface area contributed by atoms with Crippen LogP contribution in [-0.4, -0.2) is 31.8 Å². The summed E-state index contributed by atoms with van der Waals surface area (Å²) in [4.78, 5) is 14.6. The largest absolute Gasteiger partial charge is 0.493 e. The molecule has 0 radical (unpaired) electrons. The fourth-order valence-corrected chi connectivity index (χ4v) is 4.80. The number of rotatable bonds is 8. The Labute approximate surface area is 185 Å². The number of para-hydroxylation sites is 1. The fraction of sp³-hybridized carbons (Fsp3) is 0.423. The lowest BCUT2D eigenvalue weighted by Gasteiger charge is -2.40. The number of ether oxygens (including phenoxy) is 2. The first-order chi connectivity index (χ1) is 14.9. The van der Waals surface area contributed by atoms with Crippen LogP contribution in [0.25, 0.3) is 6.08 Å². The molecule has 2 aliphatic rings. The molecular weight excluding hydrogens is 388 g/mol. The highest BCUT2D eigenvalue weighted by Crippen LogP contribution is 2.52. The normalized spacial score (nSPS) is 21.2. The fourth-order valence-electron chi connectivity index (χ4n) is 4.80. The van der Waals surface area contributed by atoms with Gasteiger partial charge in [-0.05, 0) is 41.8 Å². The minimum Gasteiger partial charge on any atom is -0.493 e. The van der Waals surface area contributed by atoms with Crippen LogP contribution in [0.5, 0.6) is 11.5 Å². The monoisotopic (exact) mass is 420 g/mol. The van der Waals surface area contributed by atoms with Gasteiger partial charge in [0.05, 0.1) is 20.3 Å². The van der Waals surface area contributed by atoms with Crippen molar-refractivity contribution in [2.75, 3.05) is 25.2 Å². The van der Waals surface area contributed by atoms with E-state index in [0.717, 1.165) is 35.6 Å². The number of nitrogens with one attached hydrogen (secondary N) is 1. The summed E-state index contributed by atoms with van der Waals surface area (Å²) in [5.41, 5.74) is 2.48. The number of carbonyl (C=O) groups excluding carboxylic acids is 1. The van der Waals surface area contributed by atoms with Gasteiger partial charge in [-0.1, -0.05) is 64.0 Å². The number of carbonyl (C=O) groups is 1. The van der Waals surface area contributed by atoms with Gasteiger partial charge in [0.1, 0.15) is 5.66 Å². The summed E-state index contributed by atoms with van der Waals surface area (Å²) < 4.78 is 11.5. The smallest absolute Gasteiger partial charge is 0.241 e. The Bertz CT molecular complexity index is 998. The molecule has 0 saturated carbocycles. The molecule has 164 valence electrons. The van der Waals surface area contributed by atoms with Gasteiger partial charge < -0.3 is 19.7 Å². The van der Waals surface area contributed by atoms with Gasteiger partial charge in [-0.15, -0.1) is 0 Å². The van der Waals surface area contributed by atoms with Gasteiger partial charge in [0.25, 0.3) is 0 Å². The number of nitrogens with zero attached hydrogens (tertiary/aromatic N) is 1. The minimum atomic E-state index is -0.601. The van der Waals surface area contributed by atoms with E-state index in [4.69, 9.17) is 9.47 Å². The highest BCUT2D eigenvalue weighted by atomic mass is 16.5. The van der Waals surface area contributed by atoms with Crippen molar-refractivity contribution in [3.05, 3.63) is 59.7 Å². The maximum Gasteiger partial charge on any atom is 0.241 e. The molecule has 1 saturated heterocycles. The number of hydrogen-bond donors (Lipinski definition) is 1. The Hall–Kier alpha value is -2.95. The summed E-state index contributed by atoms with van der Waals surface area (Å²) in [6, 6.07) is 14.3. The van der Waals surface area contributed by atoms with E-state index in [1.54, 1.807) is 7.11 Å². The van der Waals surface area contributed by atoms with Crippen molar-refractivity contribution >= 4 is 17.7 Å². The number of anilines is 1. The van der Waals surface area contributed by atoms with Crippen molar-refractivity contribution in [2.24, 2.45) is 0 Å². The Kier molecular flexibility index (Phi) is 5.69. The number of methoxy groups -OCH3 is 1. The van der Waals surface area contributed by atoms with Crippen LogP contribution in [0.4, 0.5) is 5.69 Å². The summed E-state index contributed by atoms with van der Waals surface area (Å²) in [6.45, 7) is 7.61.